The maximum atomic E-state index is 2.45. The first-order chi connectivity index (χ1) is 8.81. The van der Waals surface area contributed by atoms with E-state index < -0.39 is 0 Å². The Hall–Kier alpha value is 0. The van der Waals surface area contributed by atoms with Crippen molar-refractivity contribution in [2.45, 2.75) is 84.0 Å². The van der Waals surface area contributed by atoms with Crippen LogP contribution in [-0.2, 0) is 0 Å². The van der Waals surface area contributed by atoms with E-state index in [1.54, 1.807) is 51.4 Å². The quantitative estimate of drug-likeness (QED) is 0.591. The Morgan fingerprint density at radius 2 is 1.33 bits per heavy atom. The van der Waals surface area contributed by atoms with Crippen LogP contribution in [0.15, 0.2) is 0 Å². The number of rotatable bonds is 3. The molecule has 3 rings (SSSR count). The maximum Gasteiger partial charge on any atom is -0.0383 e. The molecule has 0 spiro atoms. The molecule has 0 amide bonds. The summed E-state index contributed by atoms with van der Waals surface area (Å²) in [5.74, 6) is 5.53. The molecule has 0 aromatic rings. The summed E-state index contributed by atoms with van der Waals surface area (Å²) in [6.07, 6.45) is 18.7. The van der Waals surface area contributed by atoms with Crippen LogP contribution in [0.2, 0.25) is 0 Å². The standard InChI is InChI=1S/C18H32/c1-14-6-8-15(9-7-14)12-16-10-11-18(13-16)17-4-2-3-5-17/h14-18H,2-13H2,1H3. The van der Waals surface area contributed by atoms with E-state index in [4.69, 9.17) is 0 Å². The van der Waals surface area contributed by atoms with Crippen LogP contribution in [0.3, 0.4) is 0 Å². The van der Waals surface area contributed by atoms with E-state index in [9.17, 15) is 0 Å². The topological polar surface area (TPSA) is 0 Å². The van der Waals surface area contributed by atoms with Crippen LogP contribution in [0.5, 0.6) is 0 Å². The second-order valence-electron chi connectivity index (χ2n) is 7.85. The summed E-state index contributed by atoms with van der Waals surface area (Å²) in [7, 11) is 0. The molecule has 0 N–H and O–H groups in total. The largest absolute Gasteiger partial charge is 0.0625 e. The first-order valence-corrected chi connectivity index (χ1v) is 8.81. The molecule has 104 valence electrons. The summed E-state index contributed by atoms with van der Waals surface area (Å²) in [4.78, 5) is 0. The first-order valence-electron chi connectivity index (χ1n) is 8.81. The summed E-state index contributed by atoms with van der Waals surface area (Å²) < 4.78 is 0. The zero-order valence-corrected chi connectivity index (χ0v) is 12.4. The minimum atomic E-state index is 1.02. The van der Waals surface area contributed by atoms with Gasteiger partial charge >= 0.3 is 0 Å². The molecule has 0 saturated heterocycles. The molecule has 2 unspecified atom stereocenters. The van der Waals surface area contributed by atoms with Gasteiger partial charge in [-0.2, -0.15) is 0 Å². The molecule has 0 nitrogen and oxygen atoms in total. The second-order valence-corrected chi connectivity index (χ2v) is 7.85. The smallest absolute Gasteiger partial charge is 0.0383 e. The van der Waals surface area contributed by atoms with Crippen molar-refractivity contribution in [3.8, 4) is 0 Å². The molecule has 0 aromatic heterocycles. The van der Waals surface area contributed by atoms with E-state index in [-0.39, 0.29) is 0 Å². The summed E-state index contributed by atoms with van der Waals surface area (Å²) in [6, 6.07) is 0. The molecule has 0 heteroatoms. The summed E-state index contributed by atoms with van der Waals surface area (Å²) in [6.45, 7) is 2.45. The van der Waals surface area contributed by atoms with Crippen LogP contribution in [0.25, 0.3) is 0 Å². The molecule has 0 bridgehead atoms. The van der Waals surface area contributed by atoms with Gasteiger partial charge in [0, 0.05) is 0 Å². The molecule has 18 heavy (non-hydrogen) atoms. The Morgan fingerprint density at radius 3 is 2.06 bits per heavy atom. The molecular formula is C18H32. The van der Waals surface area contributed by atoms with Gasteiger partial charge < -0.3 is 0 Å². The average molecular weight is 248 g/mol. The second kappa shape index (κ2) is 5.97. The Labute approximate surface area is 114 Å². The minimum absolute atomic E-state index is 1.02. The third-order valence-corrected chi connectivity index (χ3v) is 6.45. The highest BCUT2D eigenvalue weighted by Gasteiger charge is 2.33. The highest BCUT2D eigenvalue weighted by atomic mass is 14.4. The van der Waals surface area contributed by atoms with Gasteiger partial charge in [0.1, 0.15) is 0 Å². The third kappa shape index (κ3) is 3.11. The third-order valence-electron chi connectivity index (χ3n) is 6.45. The number of hydrogen-bond donors (Lipinski definition) is 0. The molecule has 0 aliphatic heterocycles. The van der Waals surface area contributed by atoms with Gasteiger partial charge in [-0.05, 0) is 48.9 Å². The van der Waals surface area contributed by atoms with Crippen LogP contribution in [0, 0.1) is 29.6 Å². The van der Waals surface area contributed by atoms with Gasteiger partial charge in [-0.25, -0.2) is 0 Å². The molecular weight excluding hydrogens is 216 g/mol. The predicted octanol–water partition coefficient (Wildman–Crippen LogP) is 5.81. The van der Waals surface area contributed by atoms with Crippen LogP contribution in [0.4, 0.5) is 0 Å². The van der Waals surface area contributed by atoms with Gasteiger partial charge in [0.15, 0.2) is 0 Å². The maximum absolute atomic E-state index is 2.45. The predicted molar refractivity (Wildman–Crippen MR) is 78.5 cm³/mol. The van der Waals surface area contributed by atoms with E-state index in [0.717, 1.165) is 29.6 Å². The lowest BCUT2D eigenvalue weighted by Gasteiger charge is -2.28. The lowest BCUT2D eigenvalue weighted by Crippen LogP contribution is -2.15. The van der Waals surface area contributed by atoms with Crippen molar-refractivity contribution >= 4 is 0 Å². The van der Waals surface area contributed by atoms with E-state index in [1.165, 1.54) is 25.7 Å². The molecule has 3 fully saturated rings. The van der Waals surface area contributed by atoms with E-state index in [1.807, 2.05) is 0 Å². The van der Waals surface area contributed by atoms with Gasteiger partial charge in [-0.1, -0.05) is 64.7 Å². The van der Waals surface area contributed by atoms with Gasteiger partial charge in [-0.15, -0.1) is 0 Å². The van der Waals surface area contributed by atoms with E-state index >= 15 is 0 Å². The molecule has 0 radical (unpaired) electrons. The summed E-state index contributed by atoms with van der Waals surface area (Å²) >= 11 is 0. The van der Waals surface area contributed by atoms with Crippen LogP contribution < -0.4 is 0 Å². The van der Waals surface area contributed by atoms with Crippen molar-refractivity contribution in [2.24, 2.45) is 29.6 Å². The highest BCUT2D eigenvalue weighted by molar-refractivity contribution is 4.85. The fourth-order valence-electron chi connectivity index (χ4n) is 5.22. The van der Waals surface area contributed by atoms with E-state index in [0.29, 0.717) is 0 Å². The lowest BCUT2D eigenvalue weighted by atomic mass is 9.78. The molecule has 0 aromatic carbocycles. The van der Waals surface area contributed by atoms with Crippen molar-refractivity contribution in [3.63, 3.8) is 0 Å². The Morgan fingerprint density at radius 1 is 0.667 bits per heavy atom. The zero-order valence-electron chi connectivity index (χ0n) is 12.4. The average Bonchev–Trinajstić information content (AvgIpc) is 3.02. The van der Waals surface area contributed by atoms with Crippen LogP contribution in [-0.4, -0.2) is 0 Å². The zero-order chi connectivity index (χ0) is 12.4. The van der Waals surface area contributed by atoms with Crippen LogP contribution in [0.1, 0.15) is 84.0 Å². The minimum Gasteiger partial charge on any atom is -0.0625 e. The molecule has 3 saturated carbocycles. The van der Waals surface area contributed by atoms with Gasteiger partial charge in [0.25, 0.3) is 0 Å². The normalized spacial score (nSPS) is 42.5. The van der Waals surface area contributed by atoms with E-state index in [2.05, 4.69) is 6.92 Å². The molecule has 2 atom stereocenters. The number of hydrogen-bond acceptors (Lipinski definition) is 0. The monoisotopic (exact) mass is 248 g/mol. The SMILES string of the molecule is CC1CCC(CC2CCC(C3CCCC3)C2)CC1. The fraction of sp³-hybridized carbons (Fsp3) is 1.00. The molecule has 0 heterocycles. The Bertz CT molecular complexity index is 243. The molecule has 3 aliphatic carbocycles. The Balaban J connectivity index is 1.41. The van der Waals surface area contributed by atoms with Crippen molar-refractivity contribution in [2.75, 3.05) is 0 Å². The van der Waals surface area contributed by atoms with Gasteiger partial charge in [0.2, 0.25) is 0 Å². The van der Waals surface area contributed by atoms with Crippen molar-refractivity contribution in [1.82, 2.24) is 0 Å². The van der Waals surface area contributed by atoms with Gasteiger partial charge in [-0.3, -0.25) is 0 Å². The van der Waals surface area contributed by atoms with Crippen molar-refractivity contribution < 1.29 is 0 Å². The van der Waals surface area contributed by atoms with Gasteiger partial charge in [0.05, 0.1) is 0 Å². The molecule has 3 aliphatic rings. The van der Waals surface area contributed by atoms with Crippen LogP contribution >= 0.6 is 0 Å². The highest BCUT2D eigenvalue weighted by Crippen LogP contribution is 2.45. The summed E-state index contributed by atoms with van der Waals surface area (Å²) in [5, 5.41) is 0. The fourth-order valence-corrected chi connectivity index (χ4v) is 5.22. The lowest BCUT2D eigenvalue weighted by molar-refractivity contribution is 0.239. The summed E-state index contributed by atoms with van der Waals surface area (Å²) in [5.41, 5.74) is 0. The Kier molecular flexibility index (Phi) is 4.31. The van der Waals surface area contributed by atoms with Crippen molar-refractivity contribution in [3.05, 3.63) is 0 Å². The van der Waals surface area contributed by atoms with Crippen molar-refractivity contribution in [1.29, 1.82) is 0 Å². The first kappa shape index (κ1) is 13.0.